The number of carbonyl (C=O) groups is 2. The number of urea groups is 1. The number of fused-ring (bicyclic) bond motifs is 5. The van der Waals surface area contributed by atoms with Crippen LogP contribution in [0.1, 0.15) is 19.3 Å². The van der Waals surface area contributed by atoms with Gasteiger partial charge in [-0.05, 0) is 43.2 Å². The minimum absolute atomic E-state index is 0.0330. The van der Waals surface area contributed by atoms with Gasteiger partial charge in [0.05, 0.1) is 12.0 Å². The van der Waals surface area contributed by atoms with Crippen molar-refractivity contribution in [1.29, 1.82) is 0 Å². The quantitative estimate of drug-likeness (QED) is 0.785. The lowest BCUT2D eigenvalue weighted by Gasteiger charge is -2.47. The summed E-state index contributed by atoms with van der Waals surface area (Å²) in [6, 6.07) is 9.22. The van der Waals surface area contributed by atoms with E-state index in [2.05, 4.69) is 5.32 Å². The third kappa shape index (κ3) is 1.46. The van der Waals surface area contributed by atoms with Gasteiger partial charge in [-0.2, -0.15) is 0 Å². The highest BCUT2D eigenvalue weighted by molar-refractivity contribution is 6.06. The molecule has 19 heavy (non-hydrogen) atoms. The first-order valence-electron chi connectivity index (χ1n) is 6.95. The van der Waals surface area contributed by atoms with E-state index in [1.54, 1.807) is 0 Å². The molecule has 4 atom stereocenters. The number of carbonyl (C=O) groups excluding carboxylic acids is 2. The Morgan fingerprint density at radius 2 is 1.89 bits per heavy atom. The number of hydrogen-bond acceptors (Lipinski definition) is 2. The first-order chi connectivity index (χ1) is 9.25. The van der Waals surface area contributed by atoms with E-state index in [0.29, 0.717) is 11.8 Å². The van der Waals surface area contributed by atoms with Crippen molar-refractivity contribution < 1.29 is 9.59 Å². The van der Waals surface area contributed by atoms with Crippen molar-refractivity contribution in [2.45, 2.75) is 25.3 Å². The lowest BCUT2D eigenvalue weighted by atomic mass is 9.76. The summed E-state index contributed by atoms with van der Waals surface area (Å²) in [5.74, 6) is 1.27. The van der Waals surface area contributed by atoms with E-state index in [9.17, 15) is 9.59 Å². The largest absolute Gasteiger partial charge is 0.328 e. The number of likely N-dealkylation sites (tertiary alicyclic amines) is 1. The fourth-order valence-corrected chi connectivity index (χ4v) is 4.15. The summed E-state index contributed by atoms with van der Waals surface area (Å²) in [7, 11) is 0. The van der Waals surface area contributed by atoms with Gasteiger partial charge in [-0.15, -0.1) is 0 Å². The number of nitrogens with zero attached hydrogens (tertiary/aromatic N) is 1. The summed E-state index contributed by atoms with van der Waals surface area (Å²) in [5.41, 5.74) is 0.743. The van der Waals surface area contributed by atoms with Crippen LogP contribution in [0.25, 0.3) is 0 Å². The Bertz CT molecular complexity index is 542. The smallest absolute Gasteiger partial charge is 0.307 e. The van der Waals surface area contributed by atoms with Crippen molar-refractivity contribution in [2.75, 3.05) is 5.32 Å². The molecule has 1 heterocycles. The molecule has 1 aromatic carbocycles. The van der Waals surface area contributed by atoms with Gasteiger partial charge in [0.1, 0.15) is 0 Å². The molecule has 1 N–H and O–H groups in total. The maximum absolute atomic E-state index is 12.2. The van der Waals surface area contributed by atoms with Gasteiger partial charge in [0, 0.05) is 5.69 Å². The highest BCUT2D eigenvalue weighted by atomic mass is 16.2. The van der Waals surface area contributed by atoms with E-state index in [4.69, 9.17) is 0 Å². The Hall–Kier alpha value is -1.84. The average Bonchev–Trinajstić information content (AvgIpc) is 2.97. The van der Waals surface area contributed by atoms with E-state index < -0.39 is 0 Å². The zero-order valence-electron chi connectivity index (χ0n) is 10.6. The summed E-state index contributed by atoms with van der Waals surface area (Å²) in [5, 5.41) is 2.81. The molecular weight excluding hydrogens is 240 g/mol. The monoisotopic (exact) mass is 256 g/mol. The van der Waals surface area contributed by atoms with Crippen LogP contribution in [0.5, 0.6) is 0 Å². The molecule has 1 saturated heterocycles. The summed E-state index contributed by atoms with van der Waals surface area (Å²) >= 11 is 0. The fourth-order valence-electron chi connectivity index (χ4n) is 4.15. The summed E-state index contributed by atoms with van der Waals surface area (Å²) in [6.07, 6.45) is 3.48. The Labute approximate surface area is 111 Å². The molecule has 1 aromatic rings. The van der Waals surface area contributed by atoms with E-state index in [1.807, 2.05) is 30.3 Å². The first kappa shape index (κ1) is 11.0. The maximum atomic E-state index is 12.2. The highest BCUT2D eigenvalue weighted by Crippen LogP contribution is 2.56. The Kier molecular flexibility index (Phi) is 2.22. The van der Waals surface area contributed by atoms with Gasteiger partial charge in [-0.25, -0.2) is 4.79 Å². The number of rotatable bonds is 1. The van der Waals surface area contributed by atoms with Crippen LogP contribution in [0.4, 0.5) is 10.5 Å². The van der Waals surface area contributed by atoms with Crippen LogP contribution in [0.2, 0.25) is 0 Å². The van der Waals surface area contributed by atoms with Crippen molar-refractivity contribution in [1.82, 2.24) is 4.90 Å². The van der Waals surface area contributed by atoms with Gasteiger partial charge in [0.15, 0.2) is 0 Å². The second kappa shape index (κ2) is 3.83. The SMILES string of the molecule is O=C(Nc1ccccc1)N1C(=O)[C@@H]2[C@H]3CC[C@H](C3)[C@@H]21. The topological polar surface area (TPSA) is 49.4 Å². The van der Waals surface area contributed by atoms with Gasteiger partial charge in [-0.1, -0.05) is 18.2 Å². The number of β-lactam (4-membered cyclic amide) rings is 1. The van der Waals surface area contributed by atoms with Crippen LogP contribution < -0.4 is 5.32 Å². The Balaban J connectivity index is 1.51. The van der Waals surface area contributed by atoms with E-state index in [1.165, 1.54) is 17.7 Å². The maximum Gasteiger partial charge on any atom is 0.328 e. The van der Waals surface area contributed by atoms with Crippen LogP contribution >= 0.6 is 0 Å². The number of imide groups is 1. The van der Waals surface area contributed by atoms with Crippen molar-refractivity contribution >= 4 is 17.6 Å². The summed E-state index contributed by atoms with van der Waals surface area (Å²) < 4.78 is 0. The molecule has 4 rings (SSSR count). The molecule has 3 amide bonds. The molecule has 0 aromatic heterocycles. The van der Waals surface area contributed by atoms with Crippen LogP contribution in [0.3, 0.4) is 0 Å². The predicted molar refractivity (Wildman–Crippen MR) is 70.4 cm³/mol. The van der Waals surface area contributed by atoms with E-state index >= 15 is 0 Å². The molecule has 2 saturated carbocycles. The van der Waals surface area contributed by atoms with Crippen LogP contribution in [0, 0.1) is 17.8 Å². The average molecular weight is 256 g/mol. The van der Waals surface area contributed by atoms with E-state index in [-0.39, 0.29) is 23.9 Å². The molecule has 4 heteroatoms. The van der Waals surface area contributed by atoms with Crippen molar-refractivity contribution in [3.63, 3.8) is 0 Å². The number of benzene rings is 1. The highest BCUT2D eigenvalue weighted by Gasteiger charge is 2.63. The van der Waals surface area contributed by atoms with Crippen molar-refractivity contribution in [2.24, 2.45) is 17.8 Å². The van der Waals surface area contributed by atoms with Gasteiger partial charge < -0.3 is 5.32 Å². The molecule has 0 unspecified atom stereocenters. The third-order valence-corrected chi connectivity index (χ3v) is 4.94. The summed E-state index contributed by atoms with van der Waals surface area (Å²) in [6.45, 7) is 0. The van der Waals surface area contributed by atoms with Gasteiger partial charge in [0.25, 0.3) is 0 Å². The van der Waals surface area contributed by atoms with Gasteiger partial charge in [-0.3, -0.25) is 9.69 Å². The number of anilines is 1. The number of amides is 3. The second-order valence-electron chi connectivity index (χ2n) is 5.85. The molecule has 0 radical (unpaired) electrons. The number of nitrogens with one attached hydrogen (secondary N) is 1. The normalized spacial score (nSPS) is 34.9. The predicted octanol–water partition coefficient (Wildman–Crippen LogP) is 2.48. The van der Waals surface area contributed by atoms with Crippen LogP contribution in [-0.4, -0.2) is 22.9 Å². The second-order valence-corrected chi connectivity index (χ2v) is 5.85. The zero-order chi connectivity index (χ0) is 13.0. The minimum Gasteiger partial charge on any atom is -0.307 e. The van der Waals surface area contributed by atoms with Crippen molar-refractivity contribution in [3.8, 4) is 0 Å². The number of para-hydroxylation sites is 1. The minimum atomic E-state index is -0.259. The lowest BCUT2D eigenvalue weighted by Crippen LogP contribution is -2.66. The Morgan fingerprint density at radius 3 is 2.68 bits per heavy atom. The molecule has 3 aliphatic rings. The van der Waals surface area contributed by atoms with Gasteiger partial charge >= 0.3 is 6.03 Å². The van der Waals surface area contributed by atoms with Crippen LogP contribution in [0.15, 0.2) is 30.3 Å². The Morgan fingerprint density at radius 1 is 1.16 bits per heavy atom. The molecule has 2 bridgehead atoms. The molecule has 0 spiro atoms. The number of hydrogen-bond donors (Lipinski definition) is 1. The fraction of sp³-hybridized carbons (Fsp3) is 0.467. The first-order valence-corrected chi connectivity index (χ1v) is 6.95. The van der Waals surface area contributed by atoms with Gasteiger partial charge in [0.2, 0.25) is 5.91 Å². The third-order valence-electron chi connectivity index (χ3n) is 4.94. The standard InChI is InChI=1S/C15H16N2O2/c18-14-12-9-6-7-10(8-9)13(12)17(14)15(19)16-11-4-2-1-3-5-11/h1-5,9-10,12-13H,6-8H2,(H,16,19)/t9-,10+,12+,13-/m0/s1. The lowest BCUT2D eigenvalue weighted by molar-refractivity contribution is -0.153. The molecule has 3 fully saturated rings. The van der Waals surface area contributed by atoms with Crippen LogP contribution in [-0.2, 0) is 4.79 Å². The molecule has 4 nitrogen and oxygen atoms in total. The zero-order valence-corrected chi connectivity index (χ0v) is 10.6. The van der Waals surface area contributed by atoms with E-state index in [0.717, 1.165) is 12.1 Å². The molecule has 98 valence electrons. The molecular formula is C15H16N2O2. The molecule has 2 aliphatic carbocycles. The van der Waals surface area contributed by atoms with Crippen molar-refractivity contribution in [3.05, 3.63) is 30.3 Å². The molecule has 1 aliphatic heterocycles. The summed E-state index contributed by atoms with van der Waals surface area (Å²) in [4.78, 5) is 25.8.